The molecule has 4 heteroatoms. The molecule has 1 atom stereocenters. The Morgan fingerprint density at radius 3 is 2.60 bits per heavy atom. The van der Waals surface area contributed by atoms with Gasteiger partial charge in [-0.3, -0.25) is 4.40 Å². The lowest BCUT2D eigenvalue weighted by atomic mass is 9.99. The summed E-state index contributed by atoms with van der Waals surface area (Å²) in [6, 6.07) is 24.9. The van der Waals surface area contributed by atoms with Gasteiger partial charge in [-0.15, -0.1) is 11.3 Å². The molecule has 7 aromatic rings. The van der Waals surface area contributed by atoms with E-state index in [4.69, 9.17) is 4.99 Å². The first kappa shape index (κ1) is 18.2. The molecule has 0 amide bonds. The van der Waals surface area contributed by atoms with Gasteiger partial charge in [0, 0.05) is 43.4 Å². The molecule has 9 rings (SSSR count). The Kier molecular flexibility index (Phi) is 3.17. The number of likely N-dealkylation sites (N-methyl/N-ethyl adjacent to an activating group) is 1. The maximum absolute atomic E-state index is 5.24. The van der Waals surface area contributed by atoms with Crippen LogP contribution < -0.4 is 4.90 Å². The van der Waals surface area contributed by atoms with Crippen molar-refractivity contribution in [3.05, 3.63) is 91.0 Å². The second-order valence-corrected chi connectivity index (χ2v) is 10.8. The van der Waals surface area contributed by atoms with Crippen LogP contribution in [0.3, 0.4) is 0 Å². The molecule has 0 bridgehead atoms. The molecular formula is C31H19N3S. The lowest BCUT2D eigenvalue weighted by Gasteiger charge is -2.32. The molecule has 0 radical (unpaired) electrons. The Morgan fingerprint density at radius 2 is 1.66 bits per heavy atom. The zero-order valence-electron chi connectivity index (χ0n) is 19.0. The number of anilines is 1. The summed E-state index contributed by atoms with van der Waals surface area (Å²) in [4.78, 5) is 7.64. The molecule has 3 aromatic heterocycles. The summed E-state index contributed by atoms with van der Waals surface area (Å²) >= 11 is 1.88. The van der Waals surface area contributed by atoms with E-state index >= 15 is 0 Å². The van der Waals surface area contributed by atoms with E-state index in [2.05, 4.69) is 107 Å². The van der Waals surface area contributed by atoms with Crippen LogP contribution in [0, 0.1) is 0 Å². The topological polar surface area (TPSA) is 20.0 Å². The molecule has 1 aliphatic carbocycles. The summed E-state index contributed by atoms with van der Waals surface area (Å²) in [5, 5.41) is 9.16. The Balaban J connectivity index is 1.57. The van der Waals surface area contributed by atoms with E-state index in [1.165, 1.54) is 64.0 Å². The van der Waals surface area contributed by atoms with Crippen molar-refractivity contribution in [3.8, 4) is 0 Å². The van der Waals surface area contributed by atoms with Crippen molar-refractivity contribution in [3.63, 3.8) is 0 Å². The van der Waals surface area contributed by atoms with Crippen molar-refractivity contribution in [2.24, 2.45) is 4.99 Å². The second-order valence-electron chi connectivity index (χ2n) is 9.68. The number of thiophene rings is 1. The van der Waals surface area contributed by atoms with Gasteiger partial charge in [-0.25, -0.2) is 4.99 Å². The van der Waals surface area contributed by atoms with Gasteiger partial charge in [0.25, 0.3) is 0 Å². The molecule has 1 unspecified atom stereocenters. The van der Waals surface area contributed by atoms with Gasteiger partial charge < -0.3 is 4.90 Å². The van der Waals surface area contributed by atoms with E-state index in [1.807, 2.05) is 11.3 Å². The van der Waals surface area contributed by atoms with Crippen molar-refractivity contribution in [2.45, 2.75) is 6.04 Å². The van der Waals surface area contributed by atoms with Crippen LogP contribution in [0.4, 0.5) is 11.5 Å². The number of benzene rings is 4. The number of fused-ring (bicyclic) bond motifs is 12. The van der Waals surface area contributed by atoms with Gasteiger partial charge in [0.2, 0.25) is 0 Å². The van der Waals surface area contributed by atoms with E-state index < -0.39 is 0 Å². The van der Waals surface area contributed by atoms with Crippen LogP contribution in [0.2, 0.25) is 0 Å². The highest BCUT2D eigenvalue weighted by molar-refractivity contribution is 7.25. The summed E-state index contributed by atoms with van der Waals surface area (Å²) < 4.78 is 5.16. The van der Waals surface area contributed by atoms with Crippen molar-refractivity contribution < 1.29 is 0 Å². The van der Waals surface area contributed by atoms with E-state index in [9.17, 15) is 0 Å². The normalized spacial score (nSPS) is 17.5. The van der Waals surface area contributed by atoms with Crippen LogP contribution in [0.1, 0.15) is 0 Å². The van der Waals surface area contributed by atoms with Gasteiger partial charge >= 0.3 is 0 Å². The van der Waals surface area contributed by atoms with E-state index in [0.29, 0.717) is 0 Å². The van der Waals surface area contributed by atoms with E-state index in [-0.39, 0.29) is 6.04 Å². The summed E-state index contributed by atoms with van der Waals surface area (Å²) in [6.45, 7) is 0. The third-order valence-corrected chi connectivity index (χ3v) is 9.03. The highest BCUT2D eigenvalue weighted by Crippen LogP contribution is 2.51. The molecule has 35 heavy (non-hydrogen) atoms. The molecule has 0 spiro atoms. The first-order valence-electron chi connectivity index (χ1n) is 12.0. The molecule has 2 aliphatic rings. The third kappa shape index (κ3) is 2.11. The molecule has 1 aliphatic heterocycles. The largest absolute Gasteiger partial charge is 0.347 e. The maximum Gasteiger partial charge on any atom is 0.141 e. The monoisotopic (exact) mass is 465 g/mol. The summed E-state index contributed by atoms with van der Waals surface area (Å²) in [6.07, 6.45) is 8.62. The summed E-state index contributed by atoms with van der Waals surface area (Å²) in [7, 11) is 2.21. The lowest BCUT2D eigenvalue weighted by molar-refractivity contribution is 0.886. The molecule has 0 fully saturated rings. The standard InChI is InChI=1S/C31H19N3S/c1-33-24-12-6-5-11-23(24)32-29-22-14-17-8-2-3-9-18(17)28-21-15-20-19-10-4-7-13-26(19)35-27(20)16-25(21)34(30(22)28)31(29)33/h2-16,24H,1H3. The fraction of sp³-hybridized carbons (Fsp3) is 0.0645. The van der Waals surface area contributed by atoms with E-state index in [1.54, 1.807) is 0 Å². The molecule has 0 N–H and O–H groups in total. The highest BCUT2D eigenvalue weighted by atomic mass is 32.1. The van der Waals surface area contributed by atoms with Crippen molar-refractivity contribution in [1.82, 2.24) is 4.40 Å². The number of aromatic nitrogens is 1. The van der Waals surface area contributed by atoms with Crippen LogP contribution in [0.15, 0.2) is 96.0 Å². The lowest BCUT2D eigenvalue weighted by Crippen LogP contribution is -2.39. The highest BCUT2D eigenvalue weighted by Gasteiger charge is 2.33. The van der Waals surface area contributed by atoms with Crippen LogP contribution in [0.5, 0.6) is 0 Å². The van der Waals surface area contributed by atoms with Gasteiger partial charge in [0.15, 0.2) is 0 Å². The number of hydrogen-bond donors (Lipinski definition) is 0. The minimum atomic E-state index is 0.156. The Hall–Kier alpha value is -4.15. The number of hydrogen-bond acceptors (Lipinski definition) is 3. The van der Waals surface area contributed by atoms with Gasteiger partial charge in [-0.2, -0.15) is 0 Å². The zero-order valence-corrected chi connectivity index (χ0v) is 19.8. The van der Waals surface area contributed by atoms with Crippen molar-refractivity contribution in [2.75, 3.05) is 11.9 Å². The Labute approximate surface area is 204 Å². The summed E-state index contributed by atoms with van der Waals surface area (Å²) in [5.41, 5.74) is 4.75. The third-order valence-electron chi connectivity index (χ3n) is 7.90. The summed E-state index contributed by atoms with van der Waals surface area (Å²) in [5.74, 6) is 1.18. The average molecular weight is 466 g/mol. The van der Waals surface area contributed by atoms with Crippen LogP contribution in [-0.2, 0) is 0 Å². The van der Waals surface area contributed by atoms with E-state index in [0.717, 1.165) is 11.4 Å². The SMILES string of the molecule is CN1c2c(c3cc4ccccc4c4c5cc6c(cc5n2c34)sc2ccccc26)N=C2C=CC=CC21. The Bertz CT molecular complexity index is 2140. The molecule has 4 aromatic carbocycles. The maximum atomic E-state index is 5.24. The van der Waals surface area contributed by atoms with Gasteiger partial charge in [-0.05, 0) is 41.1 Å². The first-order chi connectivity index (χ1) is 17.3. The number of aliphatic imine (C=N–C) groups is 1. The molecule has 4 heterocycles. The molecular weight excluding hydrogens is 446 g/mol. The van der Waals surface area contributed by atoms with Crippen molar-refractivity contribution >= 4 is 86.7 Å². The average Bonchev–Trinajstić information content (AvgIpc) is 3.53. The fourth-order valence-corrected chi connectivity index (χ4v) is 7.50. The van der Waals surface area contributed by atoms with Crippen molar-refractivity contribution in [1.29, 1.82) is 0 Å². The van der Waals surface area contributed by atoms with Gasteiger partial charge in [0.1, 0.15) is 11.5 Å². The van der Waals surface area contributed by atoms with Crippen LogP contribution in [-0.4, -0.2) is 23.2 Å². The number of rotatable bonds is 0. The predicted molar refractivity (Wildman–Crippen MR) is 152 cm³/mol. The minimum Gasteiger partial charge on any atom is -0.347 e. The first-order valence-corrected chi connectivity index (χ1v) is 12.8. The fourth-order valence-electron chi connectivity index (χ4n) is 6.38. The second kappa shape index (κ2) is 6.09. The smallest absolute Gasteiger partial charge is 0.141 e. The number of allylic oxidation sites excluding steroid dienone is 2. The van der Waals surface area contributed by atoms with Crippen LogP contribution >= 0.6 is 11.3 Å². The molecule has 0 saturated heterocycles. The van der Waals surface area contributed by atoms with Gasteiger partial charge in [0.05, 0.1) is 22.8 Å². The number of nitrogens with zero attached hydrogens (tertiary/aromatic N) is 3. The zero-order chi connectivity index (χ0) is 22.8. The molecule has 0 saturated carbocycles. The van der Waals surface area contributed by atoms with Gasteiger partial charge in [-0.1, -0.05) is 60.7 Å². The quantitative estimate of drug-likeness (QED) is 0.221. The molecule has 164 valence electrons. The van der Waals surface area contributed by atoms with Crippen LogP contribution in [0.25, 0.3) is 58.1 Å². The Morgan fingerprint density at radius 1 is 0.800 bits per heavy atom. The predicted octanol–water partition coefficient (Wildman–Crippen LogP) is 8.22. The minimum absolute atomic E-state index is 0.156. The molecule has 3 nitrogen and oxygen atoms in total.